The minimum absolute atomic E-state index is 0.0924. The van der Waals surface area contributed by atoms with Gasteiger partial charge in [-0.3, -0.25) is 14.9 Å². The van der Waals surface area contributed by atoms with Crippen LogP contribution in [-0.2, 0) is 0 Å². The zero-order valence-corrected chi connectivity index (χ0v) is 15.0. The molecule has 1 aromatic heterocycles. The van der Waals surface area contributed by atoms with Crippen LogP contribution in [0.5, 0.6) is 0 Å². The molecule has 7 nitrogen and oxygen atoms in total. The molecule has 0 saturated heterocycles. The number of hydrogen-bond donors (Lipinski definition) is 1. The van der Waals surface area contributed by atoms with Crippen molar-refractivity contribution in [2.45, 2.75) is 6.92 Å². The first kappa shape index (κ1) is 17.7. The maximum absolute atomic E-state index is 14.4. The molecule has 0 aliphatic rings. The smallest absolute Gasteiger partial charge is 0.284 e. The van der Waals surface area contributed by atoms with E-state index in [0.717, 1.165) is 6.07 Å². The van der Waals surface area contributed by atoms with E-state index in [9.17, 15) is 19.3 Å². The summed E-state index contributed by atoms with van der Waals surface area (Å²) >= 11 is 3.06. The highest BCUT2D eigenvalue weighted by Crippen LogP contribution is 2.26. The summed E-state index contributed by atoms with van der Waals surface area (Å²) in [5.41, 5.74) is 0.404. The molecule has 1 amide bonds. The van der Waals surface area contributed by atoms with Crippen LogP contribution in [-0.4, -0.2) is 20.4 Å². The first-order valence-corrected chi connectivity index (χ1v) is 8.21. The largest absolute Gasteiger partial charge is 0.322 e. The molecule has 3 aromatic rings. The normalized spacial score (nSPS) is 10.6. The Labute approximate surface area is 155 Å². The summed E-state index contributed by atoms with van der Waals surface area (Å²) in [4.78, 5) is 26.7. The van der Waals surface area contributed by atoms with Crippen LogP contribution in [0.3, 0.4) is 0 Å². The fourth-order valence-electron chi connectivity index (χ4n) is 2.41. The average Bonchev–Trinajstić information content (AvgIpc) is 3.01. The third-order valence-electron chi connectivity index (χ3n) is 3.70. The summed E-state index contributed by atoms with van der Waals surface area (Å²) in [7, 11) is 0. The van der Waals surface area contributed by atoms with Crippen molar-refractivity contribution in [3.63, 3.8) is 0 Å². The number of halogens is 2. The van der Waals surface area contributed by atoms with E-state index in [0.29, 0.717) is 11.5 Å². The zero-order chi connectivity index (χ0) is 18.8. The predicted octanol–water partition coefficient (Wildman–Crippen LogP) is 4.24. The van der Waals surface area contributed by atoms with Crippen LogP contribution in [0.1, 0.15) is 16.2 Å². The fourth-order valence-corrected chi connectivity index (χ4v) is 2.80. The van der Waals surface area contributed by atoms with E-state index in [1.807, 2.05) is 0 Å². The first-order chi connectivity index (χ1) is 12.4. The van der Waals surface area contributed by atoms with Gasteiger partial charge in [0.2, 0.25) is 0 Å². The van der Waals surface area contributed by atoms with E-state index in [4.69, 9.17) is 0 Å². The lowest BCUT2D eigenvalue weighted by Gasteiger charge is -2.10. The van der Waals surface area contributed by atoms with Crippen LogP contribution < -0.4 is 5.32 Å². The Bertz CT molecular complexity index is 1020. The molecule has 0 unspecified atom stereocenters. The Morgan fingerprint density at radius 1 is 1.31 bits per heavy atom. The van der Waals surface area contributed by atoms with Crippen LogP contribution >= 0.6 is 15.9 Å². The van der Waals surface area contributed by atoms with Gasteiger partial charge in [-0.25, -0.2) is 9.37 Å². The summed E-state index contributed by atoms with van der Waals surface area (Å²) < 4.78 is 16.2. The molecule has 2 aromatic carbocycles. The molecule has 3 rings (SSSR count). The number of amides is 1. The first-order valence-electron chi connectivity index (χ1n) is 7.42. The number of anilines is 1. The van der Waals surface area contributed by atoms with Gasteiger partial charge in [0, 0.05) is 29.7 Å². The molecule has 26 heavy (non-hydrogen) atoms. The van der Waals surface area contributed by atoms with Crippen LogP contribution in [0.4, 0.5) is 15.8 Å². The highest BCUT2D eigenvalue weighted by Gasteiger charge is 2.16. The molecular weight excluding hydrogens is 407 g/mol. The van der Waals surface area contributed by atoms with E-state index in [-0.39, 0.29) is 21.4 Å². The van der Waals surface area contributed by atoms with Crippen molar-refractivity contribution in [2.75, 3.05) is 5.32 Å². The van der Waals surface area contributed by atoms with Gasteiger partial charge in [0.25, 0.3) is 11.6 Å². The van der Waals surface area contributed by atoms with E-state index < -0.39 is 16.6 Å². The molecule has 9 heteroatoms. The molecule has 132 valence electrons. The lowest BCUT2D eigenvalue weighted by atomic mass is 10.2. The highest BCUT2D eigenvalue weighted by molar-refractivity contribution is 9.10. The number of nitro benzene ring substituents is 1. The van der Waals surface area contributed by atoms with Gasteiger partial charge in [-0.15, -0.1) is 0 Å². The molecule has 0 atom stereocenters. The topological polar surface area (TPSA) is 90.1 Å². The van der Waals surface area contributed by atoms with Crippen LogP contribution in [0.15, 0.2) is 53.3 Å². The summed E-state index contributed by atoms with van der Waals surface area (Å²) in [6, 6.07) is 8.25. The van der Waals surface area contributed by atoms with Gasteiger partial charge in [0.15, 0.2) is 0 Å². The minimum atomic E-state index is -0.594. The summed E-state index contributed by atoms with van der Waals surface area (Å²) in [6.07, 6.45) is 3.19. The van der Waals surface area contributed by atoms with Gasteiger partial charge in [-0.1, -0.05) is 0 Å². The Hall–Kier alpha value is -3.07. The predicted molar refractivity (Wildman–Crippen MR) is 97.0 cm³/mol. The standard InChI is InChI=1S/C17H12BrFN4O3/c1-10-20-6-7-22(10)15-5-3-12(9-14(15)19)21-17(24)11-2-4-13(18)16(8-11)23(25)26/h2-9H,1H3,(H,21,24). The van der Waals surface area contributed by atoms with Crippen molar-refractivity contribution in [1.82, 2.24) is 9.55 Å². The van der Waals surface area contributed by atoms with Gasteiger partial charge in [-0.05, 0) is 53.2 Å². The van der Waals surface area contributed by atoms with Crippen molar-refractivity contribution in [3.8, 4) is 5.69 Å². The second-order valence-electron chi connectivity index (χ2n) is 5.39. The number of imidazole rings is 1. The number of nitro groups is 1. The monoisotopic (exact) mass is 418 g/mol. The molecule has 0 spiro atoms. The number of rotatable bonds is 4. The molecule has 0 aliphatic heterocycles. The average molecular weight is 419 g/mol. The summed E-state index contributed by atoms with van der Waals surface area (Å²) in [5, 5.41) is 13.5. The van der Waals surface area contributed by atoms with Gasteiger partial charge in [-0.2, -0.15) is 0 Å². The third-order valence-corrected chi connectivity index (χ3v) is 4.37. The molecule has 0 saturated carbocycles. The molecule has 0 aliphatic carbocycles. The van der Waals surface area contributed by atoms with Gasteiger partial charge < -0.3 is 9.88 Å². The maximum Gasteiger partial charge on any atom is 0.284 e. The number of aromatic nitrogens is 2. The van der Waals surface area contributed by atoms with Crippen molar-refractivity contribution in [2.24, 2.45) is 0 Å². The SMILES string of the molecule is Cc1nccn1-c1ccc(NC(=O)c2ccc(Br)c([N+](=O)[O-])c2)cc1F. The number of nitrogens with one attached hydrogen (secondary N) is 1. The Kier molecular flexibility index (Phi) is 4.81. The van der Waals surface area contributed by atoms with Crippen molar-refractivity contribution in [1.29, 1.82) is 0 Å². The summed E-state index contributed by atoms with van der Waals surface area (Å²) in [6.45, 7) is 1.75. The maximum atomic E-state index is 14.4. The van der Waals surface area contributed by atoms with E-state index in [1.54, 1.807) is 30.0 Å². The Balaban J connectivity index is 1.84. The molecule has 0 fully saturated rings. The molecule has 0 bridgehead atoms. The highest BCUT2D eigenvalue weighted by atomic mass is 79.9. The number of carbonyl (C=O) groups excluding carboxylic acids is 1. The minimum Gasteiger partial charge on any atom is -0.322 e. The third kappa shape index (κ3) is 3.47. The molecule has 1 N–H and O–H groups in total. The lowest BCUT2D eigenvalue weighted by molar-refractivity contribution is -0.385. The number of hydrogen-bond acceptors (Lipinski definition) is 4. The van der Waals surface area contributed by atoms with Crippen LogP contribution in [0, 0.1) is 22.9 Å². The lowest BCUT2D eigenvalue weighted by Crippen LogP contribution is -2.12. The van der Waals surface area contributed by atoms with Crippen molar-refractivity contribution >= 4 is 33.2 Å². The summed E-state index contributed by atoms with van der Waals surface area (Å²) in [5.74, 6) is -0.486. The Morgan fingerprint density at radius 3 is 2.69 bits per heavy atom. The molecular formula is C17H12BrFN4O3. The quantitative estimate of drug-likeness (QED) is 0.506. The number of aryl methyl sites for hydroxylation is 1. The van der Waals surface area contributed by atoms with Crippen molar-refractivity contribution in [3.05, 3.63) is 80.6 Å². The Morgan fingerprint density at radius 2 is 2.08 bits per heavy atom. The van der Waals surface area contributed by atoms with E-state index >= 15 is 0 Å². The van der Waals surface area contributed by atoms with Crippen molar-refractivity contribution < 1.29 is 14.1 Å². The van der Waals surface area contributed by atoms with E-state index in [1.165, 1.54) is 24.3 Å². The van der Waals surface area contributed by atoms with E-state index in [2.05, 4.69) is 26.2 Å². The second-order valence-corrected chi connectivity index (χ2v) is 6.24. The molecule has 1 heterocycles. The van der Waals surface area contributed by atoms with Crippen LogP contribution in [0.2, 0.25) is 0 Å². The van der Waals surface area contributed by atoms with Gasteiger partial charge in [0.1, 0.15) is 11.6 Å². The fraction of sp³-hybridized carbons (Fsp3) is 0.0588. The van der Waals surface area contributed by atoms with Gasteiger partial charge >= 0.3 is 0 Å². The number of carbonyl (C=O) groups is 1. The van der Waals surface area contributed by atoms with Crippen LogP contribution in [0.25, 0.3) is 5.69 Å². The molecule has 0 radical (unpaired) electrons. The van der Waals surface area contributed by atoms with Gasteiger partial charge in [0.05, 0.1) is 15.1 Å². The number of nitrogens with zero attached hydrogens (tertiary/aromatic N) is 3. The zero-order valence-electron chi connectivity index (χ0n) is 13.4. The number of benzene rings is 2. The second kappa shape index (κ2) is 7.04.